The van der Waals surface area contributed by atoms with E-state index in [-0.39, 0.29) is 40.7 Å². The minimum absolute atomic E-state index is 0.0138. The number of hydrogen-bond donors (Lipinski definition) is 1. The molecule has 1 aliphatic rings. The molecule has 1 amide bonds. The number of alkyl halides is 1. The van der Waals surface area contributed by atoms with Gasteiger partial charge in [-0.05, 0) is 18.6 Å². The fourth-order valence-corrected chi connectivity index (χ4v) is 4.20. The quantitative estimate of drug-likeness (QED) is 0.310. The van der Waals surface area contributed by atoms with Crippen molar-refractivity contribution >= 4 is 22.8 Å². The van der Waals surface area contributed by atoms with E-state index in [9.17, 15) is 26.7 Å². The van der Waals surface area contributed by atoms with Crippen LogP contribution in [0.4, 0.5) is 32.2 Å². The van der Waals surface area contributed by atoms with Gasteiger partial charge in [0, 0.05) is 30.8 Å². The van der Waals surface area contributed by atoms with Gasteiger partial charge in [0.1, 0.15) is 29.4 Å². The van der Waals surface area contributed by atoms with Crippen LogP contribution in [0.1, 0.15) is 12.5 Å². The van der Waals surface area contributed by atoms with E-state index in [2.05, 4.69) is 15.1 Å². The number of carbonyl (C=O) groups excluding carboxylic acids is 1. The van der Waals surface area contributed by atoms with E-state index in [0.717, 1.165) is 12.1 Å². The number of nitrogen functional groups attached to an aromatic ring is 1. The van der Waals surface area contributed by atoms with Crippen molar-refractivity contribution in [3.05, 3.63) is 59.7 Å². The van der Waals surface area contributed by atoms with Gasteiger partial charge < -0.3 is 15.4 Å². The van der Waals surface area contributed by atoms with Gasteiger partial charge in [0.2, 0.25) is 17.4 Å². The fourth-order valence-electron chi connectivity index (χ4n) is 4.20. The lowest BCUT2D eigenvalue weighted by molar-refractivity contribution is -0.131. The molecule has 3 heterocycles. The number of likely N-dealkylation sites (tertiary alicyclic amines) is 1. The van der Waals surface area contributed by atoms with E-state index in [1.165, 1.54) is 22.0 Å². The highest BCUT2D eigenvalue weighted by molar-refractivity contribution is 5.98. The molecule has 2 aromatic heterocycles. The van der Waals surface area contributed by atoms with Crippen molar-refractivity contribution in [2.75, 3.05) is 25.5 Å². The number of halogens is 6. The first-order chi connectivity index (χ1) is 17.7. The summed E-state index contributed by atoms with van der Waals surface area (Å²) in [5.41, 5.74) is 6.20. The predicted octanol–water partition coefficient (Wildman–Crippen LogP) is 4.31. The van der Waals surface area contributed by atoms with Crippen LogP contribution in [-0.4, -0.2) is 50.3 Å². The van der Waals surface area contributed by atoms with Gasteiger partial charge in [-0.25, -0.2) is 32.2 Å². The largest absolute Gasteiger partial charge is 0.451 e. The number of aromatic nitrogens is 4. The zero-order valence-electron chi connectivity index (χ0n) is 18.7. The van der Waals surface area contributed by atoms with Crippen molar-refractivity contribution in [2.24, 2.45) is 0 Å². The molecule has 5 rings (SSSR count). The molecule has 192 valence electrons. The Morgan fingerprint density at radius 1 is 1.05 bits per heavy atom. The smallest absolute Gasteiger partial charge is 0.254 e. The summed E-state index contributed by atoms with van der Waals surface area (Å²) in [7, 11) is 0. The van der Waals surface area contributed by atoms with Gasteiger partial charge in [-0.15, -0.1) is 0 Å². The van der Waals surface area contributed by atoms with Crippen LogP contribution in [0.3, 0.4) is 0 Å². The van der Waals surface area contributed by atoms with Crippen LogP contribution in [0.15, 0.2) is 30.6 Å². The number of hydrogen-bond acceptors (Lipinski definition) is 6. The summed E-state index contributed by atoms with van der Waals surface area (Å²) in [4.78, 5) is 21.2. The summed E-state index contributed by atoms with van der Waals surface area (Å²) in [6.45, 7) is -0.693. The molecule has 0 spiro atoms. The van der Waals surface area contributed by atoms with Crippen molar-refractivity contribution < 1.29 is 35.9 Å². The maximum Gasteiger partial charge on any atom is 0.254 e. The first-order valence-electron chi connectivity index (χ1n) is 10.8. The Morgan fingerprint density at radius 2 is 1.78 bits per heavy atom. The third kappa shape index (κ3) is 4.17. The number of nitrogens with two attached hydrogens (primary N) is 1. The average molecular weight is 522 g/mol. The molecule has 0 bridgehead atoms. The van der Waals surface area contributed by atoms with Crippen LogP contribution in [0.2, 0.25) is 0 Å². The van der Waals surface area contributed by atoms with Gasteiger partial charge in [0.05, 0.1) is 11.4 Å². The van der Waals surface area contributed by atoms with E-state index in [0.29, 0.717) is 13.0 Å². The Balaban J connectivity index is 1.54. The Hall–Kier alpha value is -4.36. The van der Waals surface area contributed by atoms with Crippen LogP contribution in [0, 0.1) is 29.1 Å². The van der Waals surface area contributed by atoms with E-state index in [1.54, 1.807) is 0 Å². The van der Waals surface area contributed by atoms with E-state index >= 15 is 4.39 Å². The molecule has 14 heteroatoms. The zero-order chi connectivity index (χ0) is 26.4. The molecular formula is C23H16F6N6O2. The Bertz CT molecular complexity index is 1520. The summed E-state index contributed by atoms with van der Waals surface area (Å²) in [5.74, 6) is -10.4. The average Bonchev–Trinajstić information content (AvgIpc) is 3.51. The van der Waals surface area contributed by atoms with Gasteiger partial charge in [-0.1, -0.05) is 0 Å². The molecule has 4 aromatic rings. The molecule has 1 atom stereocenters. The van der Waals surface area contributed by atoms with Crippen molar-refractivity contribution in [1.82, 2.24) is 24.6 Å². The second-order valence-electron chi connectivity index (χ2n) is 8.21. The van der Waals surface area contributed by atoms with Crippen molar-refractivity contribution in [2.45, 2.75) is 12.5 Å². The minimum Gasteiger partial charge on any atom is -0.451 e. The summed E-state index contributed by atoms with van der Waals surface area (Å²) in [6, 6.07) is 2.65. The molecule has 2 aromatic carbocycles. The van der Waals surface area contributed by atoms with Crippen LogP contribution < -0.4 is 10.5 Å². The number of amides is 1. The summed E-state index contributed by atoms with van der Waals surface area (Å²) < 4.78 is 89.3. The molecule has 1 fully saturated rings. The van der Waals surface area contributed by atoms with Crippen LogP contribution in [0.25, 0.3) is 22.3 Å². The van der Waals surface area contributed by atoms with Gasteiger partial charge in [0.15, 0.2) is 24.0 Å². The van der Waals surface area contributed by atoms with Crippen LogP contribution in [-0.2, 0) is 4.79 Å². The number of carbonyl (C=O) groups is 1. The van der Waals surface area contributed by atoms with Crippen molar-refractivity contribution in [1.29, 1.82) is 0 Å². The first kappa shape index (κ1) is 24.3. The van der Waals surface area contributed by atoms with Gasteiger partial charge >= 0.3 is 0 Å². The lowest BCUT2D eigenvalue weighted by Crippen LogP contribution is -2.30. The van der Waals surface area contributed by atoms with Crippen LogP contribution in [0.5, 0.6) is 11.5 Å². The van der Waals surface area contributed by atoms with Crippen LogP contribution >= 0.6 is 0 Å². The number of ether oxygens (including phenoxy) is 1. The Morgan fingerprint density at radius 3 is 2.46 bits per heavy atom. The number of rotatable bonds is 5. The molecule has 1 aliphatic heterocycles. The fraction of sp³-hybridized carbons (Fsp3) is 0.217. The summed E-state index contributed by atoms with van der Waals surface area (Å²) >= 11 is 0. The normalized spacial score (nSPS) is 15.5. The number of nitrogens with zero attached hydrogens (tertiary/aromatic N) is 5. The van der Waals surface area contributed by atoms with E-state index in [4.69, 9.17) is 10.5 Å². The van der Waals surface area contributed by atoms with Crippen molar-refractivity contribution in [3.8, 4) is 22.8 Å². The maximum absolute atomic E-state index is 15.2. The standard InChI is InChI=1S/C23H16F6N6O2/c24-7-16(36)34-4-3-10(8-34)35-23-17(22(30)31-9-32-23)20(33-35)12-2-1-11(5-13(12)25)37-21-18(28)14(26)6-15(27)19(21)29/h1-2,5-6,9-10H,3-4,7-8H2,(H2,30,31,32). The highest BCUT2D eigenvalue weighted by Gasteiger charge is 2.31. The maximum atomic E-state index is 15.2. The lowest BCUT2D eigenvalue weighted by Gasteiger charge is -2.15. The molecule has 1 saturated heterocycles. The van der Waals surface area contributed by atoms with Gasteiger partial charge in [-0.2, -0.15) is 13.9 Å². The SMILES string of the molecule is Nc1ncnc2c1c(-c1ccc(Oc3c(F)c(F)cc(F)c3F)cc1F)nn2C1CCN(C(=O)CF)C1. The van der Waals surface area contributed by atoms with Crippen molar-refractivity contribution in [3.63, 3.8) is 0 Å². The second kappa shape index (κ2) is 9.26. The van der Waals surface area contributed by atoms with Gasteiger partial charge in [0.25, 0.3) is 5.91 Å². The molecule has 2 N–H and O–H groups in total. The monoisotopic (exact) mass is 522 g/mol. The molecule has 1 unspecified atom stereocenters. The summed E-state index contributed by atoms with van der Waals surface area (Å²) in [6.07, 6.45) is 1.62. The lowest BCUT2D eigenvalue weighted by atomic mass is 10.1. The molecule has 0 radical (unpaired) electrons. The second-order valence-corrected chi connectivity index (χ2v) is 8.21. The number of benzene rings is 2. The molecule has 8 nitrogen and oxygen atoms in total. The van der Waals surface area contributed by atoms with E-state index < -0.39 is 59.2 Å². The third-order valence-corrected chi connectivity index (χ3v) is 5.98. The highest BCUT2D eigenvalue weighted by atomic mass is 19.2. The Labute approximate surface area is 204 Å². The topological polar surface area (TPSA) is 99.2 Å². The highest BCUT2D eigenvalue weighted by Crippen LogP contribution is 2.37. The number of fused-ring (bicyclic) bond motifs is 1. The molecule has 0 saturated carbocycles. The Kier molecular flexibility index (Phi) is 6.09. The van der Waals surface area contributed by atoms with Gasteiger partial charge in [-0.3, -0.25) is 4.79 Å². The third-order valence-electron chi connectivity index (χ3n) is 5.98. The predicted molar refractivity (Wildman–Crippen MR) is 118 cm³/mol. The summed E-state index contributed by atoms with van der Waals surface area (Å²) in [5, 5.41) is 4.65. The molecule has 0 aliphatic carbocycles. The minimum atomic E-state index is -1.78. The zero-order valence-corrected chi connectivity index (χ0v) is 18.7. The molecular weight excluding hydrogens is 506 g/mol. The first-order valence-corrected chi connectivity index (χ1v) is 10.8. The van der Waals surface area contributed by atoms with E-state index in [1.807, 2.05) is 0 Å². The molecule has 37 heavy (non-hydrogen) atoms. The number of anilines is 1.